The molecule has 6 nitrogen and oxygen atoms in total. The molecule has 0 amide bonds. The molecule has 0 radical (unpaired) electrons. The normalized spacial score (nSPS) is 36.2. The minimum absolute atomic E-state index is 0.327. The van der Waals surface area contributed by atoms with Crippen LogP contribution in [-0.4, -0.2) is 44.2 Å². The standard InChI is InChI=1S/C11H18O6/c1-3-4-5-13-6-8-9-10(15-7(2)14-8)17-11(12)16-9/h7-10H,3-6H2,1-2H3/t7?,8?,9?,10-/m0/s1. The quantitative estimate of drug-likeness (QED) is 0.540. The van der Waals surface area contributed by atoms with E-state index in [-0.39, 0.29) is 6.10 Å². The molecule has 2 aliphatic rings. The highest BCUT2D eigenvalue weighted by atomic mass is 16.9. The van der Waals surface area contributed by atoms with Crippen molar-refractivity contribution >= 4 is 6.16 Å². The predicted molar refractivity (Wildman–Crippen MR) is 56.3 cm³/mol. The van der Waals surface area contributed by atoms with Crippen molar-refractivity contribution in [1.29, 1.82) is 0 Å². The molecule has 3 unspecified atom stereocenters. The largest absolute Gasteiger partial charge is 0.511 e. The molecule has 2 aliphatic heterocycles. The average molecular weight is 246 g/mol. The van der Waals surface area contributed by atoms with Crippen LogP contribution in [0.1, 0.15) is 26.7 Å². The van der Waals surface area contributed by atoms with Crippen LogP contribution < -0.4 is 0 Å². The third kappa shape index (κ3) is 3.08. The van der Waals surface area contributed by atoms with Crippen LogP contribution >= 0.6 is 0 Å². The SMILES string of the molecule is CCCCOCC1OC(C)O[C@H]2OC(=O)OC12. The molecule has 0 N–H and O–H groups in total. The van der Waals surface area contributed by atoms with Crippen molar-refractivity contribution in [3.63, 3.8) is 0 Å². The summed E-state index contributed by atoms with van der Waals surface area (Å²) in [7, 11) is 0. The lowest BCUT2D eigenvalue weighted by molar-refractivity contribution is -0.303. The Morgan fingerprint density at radius 3 is 2.88 bits per heavy atom. The Balaban J connectivity index is 1.84. The molecule has 2 saturated heterocycles. The van der Waals surface area contributed by atoms with E-state index < -0.39 is 24.8 Å². The van der Waals surface area contributed by atoms with Gasteiger partial charge in [-0.05, 0) is 13.3 Å². The van der Waals surface area contributed by atoms with Crippen molar-refractivity contribution in [3.8, 4) is 0 Å². The van der Waals surface area contributed by atoms with Gasteiger partial charge in [0.25, 0.3) is 0 Å². The van der Waals surface area contributed by atoms with Crippen LogP contribution in [0, 0.1) is 0 Å². The van der Waals surface area contributed by atoms with Gasteiger partial charge in [0, 0.05) is 6.61 Å². The van der Waals surface area contributed by atoms with E-state index in [1.54, 1.807) is 6.92 Å². The number of unbranched alkanes of at least 4 members (excludes halogenated alkanes) is 1. The summed E-state index contributed by atoms with van der Waals surface area (Å²) in [6.07, 6.45) is -0.585. The number of rotatable bonds is 5. The lowest BCUT2D eigenvalue weighted by Gasteiger charge is -2.33. The first-order chi connectivity index (χ1) is 8.20. The second kappa shape index (κ2) is 5.66. The van der Waals surface area contributed by atoms with Gasteiger partial charge in [-0.25, -0.2) is 4.79 Å². The number of hydrogen-bond acceptors (Lipinski definition) is 6. The molecule has 0 spiro atoms. The molecule has 17 heavy (non-hydrogen) atoms. The molecular weight excluding hydrogens is 228 g/mol. The molecular formula is C11H18O6. The first kappa shape index (κ1) is 12.6. The zero-order valence-corrected chi connectivity index (χ0v) is 10.1. The first-order valence-corrected chi connectivity index (χ1v) is 5.96. The fourth-order valence-corrected chi connectivity index (χ4v) is 1.84. The third-order valence-corrected chi connectivity index (χ3v) is 2.70. The third-order valence-electron chi connectivity index (χ3n) is 2.70. The highest BCUT2D eigenvalue weighted by Crippen LogP contribution is 2.28. The first-order valence-electron chi connectivity index (χ1n) is 5.96. The summed E-state index contributed by atoms with van der Waals surface area (Å²) in [5.41, 5.74) is 0. The van der Waals surface area contributed by atoms with Crippen LogP contribution in [0.2, 0.25) is 0 Å². The summed E-state index contributed by atoms with van der Waals surface area (Å²) in [4.78, 5) is 11.0. The number of carbonyl (C=O) groups excluding carboxylic acids is 1. The molecule has 2 rings (SSSR count). The molecule has 2 heterocycles. The lowest BCUT2D eigenvalue weighted by Crippen LogP contribution is -2.49. The van der Waals surface area contributed by atoms with Gasteiger partial charge >= 0.3 is 6.16 Å². The highest BCUT2D eigenvalue weighted by molar-refractivity contribution is 5.62. The molecule has 0 aromatic carbocycles. The van der Waals surface area contributed by atoms with E-state index in [0.29, 0.717) is 13.2 Å². The zero-order valence-electron chi connectivity index (χ0n) is 10.1. The molecule has 0 aromatic rings. The van der Waals surface area contributed by atoms with Gasteiger partial charge < -0.3 is 23.7 Å². The summed E-state index contributed by atoms with van der Waals surface area (Å²) in [6, 6.07) is 0. The summed E-state index contributed by atoms with van der Waals surface area (Å²) < 4.78 is 26.2. The summed E-state index contributed by atoms with van der Waals surface area (Å²) in [5.74, 6) is 0. The smallest absolute Gasteiger partial charge is 0.421 e. The van der Waals surface area contributed by atoms with Crippen LogP contribution in [0.5, 0.6) is 0 Å². The average Bonchev–Trinajstić information content (AvgIpc) is 2.64. The molecule has 6 heteroatoms. The Morgan fingerprint density at radius 2 is 2.12 bits per heavy atom. The van der Waals surface area contributed by atoms with Crippen molar-refractivity contribution in [1.82, 2.24) is 0 Å². The Labute approximate surface area is 100 Å². The Bertz CT molecular complexity index is 269. The van der Waals surface area contributed by atoms with Crippen LogP contribution in [0.4, 0.5) is 4.79 Å². The van der Waals surface area contributed by atoms with Crippen molar-refractivity contribution in [2.75, 3.05) is 13.2 Å². The minimum Gasteiger partial charge on any atom is -0.421 e. The minimum atomic E-state index is -0.712. The molecule has 0 saturated carbocycles. The van der Waals surface area contributed by atoms with Gasteiger partial charge in [-0.15, -0.1) is 0 Å². The molecule has 4 atom stereocenters. The fourth-order valence-electron chi connectivity index (χ4n) is 1.84. The van der Waals surface area contributed by atoms with Crippen LogP contribution in [0.15, 0.2) is 0 Å². The van der Waals surface area contributed by atoms with E-state index in [2.05, 4.69) is 6.92 Å². The van der Waals surface area contributed by atoms with E-state index in [9.17, 15) is 4.79 Å². The molecule has 0 aromatic heterocycles. The van der Waals surface area contributed by atoms with Crippen molar-refractivity contribution < 1.29 is 28.5 Å². The van der Waals surface area contributed by atoms with Crippen LogP contribution in [0.3, 0.4) is 0 Å². The van der Waals surface area contributed by atoms with E-state index in [1.807, 2.05) is 0 Å². The van der Waals surface area contributed by atoms with Gasteiger partial charge in [0.05, 0.1) is 6.61 Å². The Hall–Kier alpha value is -0.850. The predicted octanol–water partition coefficient (Wildman–Crippen LogP) is 1.43. The van der Waals surface area contributed by atoms with Crippen LogP contribution in [0.25, 0.3) is 0 Å². The number of fused-ring (bicyclic) bond motifs is 1. The van der Waals surface area contributed by atoms with E-state index in [4.69, 9.17) is 23.7 Å². The maximum Gasteiger partial charge on any atom is 0.511 e. The lowest BCUT2D eigenvalue weighted by atomic mass is 10.2. The second-order valence-corrected chi connectivity index (χ2v) is 4.13. The van der Waals surface area contributed by atoms with Gasteiger partial charge in [0.15, 0.2) is 12.4 Å². The zero-order chi connectivity index (χ0) is 12.3. The topological polar surface area (TPSA) is 63.2 Å². The summed E-state index contributed by atoms with van der Waals surface area (Å²) in [5, 5.41) is 0. The van der Waals surface area contributed by atoms with Gasteiger partial charge in [-0.2, -0.15) is 0 Å². The van der Waals surface area contributed by atoms with E-state index >= 15 is 0 Å². The maximum atomic E-state index is 11.0. The number of carbonyl (C=O) groups is 1. The fraction of sp³-hybridized carbons (Fsp3) is 0.909. The maximum absolute atomic E-state index is 11.0. The molecule has 2 fully saturated rings. The Kier molecular flexibility index (Phi) is 4.20. The summed E-state index contributed by atoms with van der Waals surface area (Å²) >= 11 is 0. The van der Waals surface area contributed by atoms with Gasteiger partial charge in [0.2, 0.25) is 6.29 Å². The number of hydrogen-bond donors (Lipinski definition) is 0. The monoisotopic (exact) mass is 246 g/mol. The molecule has 0 aliphatic carbocycles. The van der Waals surface area contributed by atoms with E-state index in [1.165, 1.54) is 0 Å². The Morgan fingerprint density at radius 1 is 1.29 bits per heavy atom. The van der Waals surface area contributed by atoms with Crippen molar-refractivity contribution in [3.05, 3.63) is 0 Å². The molecule has 98 valence electrons. The van der Waals surface area contributed by atoms with Crippen molar-refractivity contribution in [2.24, 2.45) is 0 Å². The van der Waals surface area contributed by atoms with Crippen LogP contribution in [-0.2, 0) is 23.7 Å². The van der Waals surface area contributed by atoms with Gasteiger partial charge in [-0.1, -0.05) is 13.3 Å². The molecule has 0 bridgehead atoms. The van der Waals surface area contributed by atoms with Gasteiger partial charge in [-0.3, -0.25) is 0 Å². The number of ether oxygens (including phenoxy) is 5. The summed E-state index contributed by atoms with van der Waals surface area (Å²) in [6.45, 7) is 4.91. The van der Waals surface area contributed by atoms with Crippen molar-refractivity contribution in [2.45, 2.75) is 51.5 Å². The van der Waals surface area contributed by atoms with E-state index in [0.717, 1.165) is 12.8 Å². The second-order valence-electron chi connectivity index (χ2n) is 4.13. The highest BCUT2D eigenvalue weighted by Gasteiger charge is 2.48. The van der Waals surface area contributed by atoms with Gasteiger partial charge in [0.1, 0.15) is 6.10 Å².